The van der Waals surface area contributed by atoms with Gasteiger partial charge in [-0.05, 0) is 38.5 Å². The summed E-state index contributed by atoms with van der Waals surface area (Å²) in [6.07, 6.45) is 18.2. The summed E-state index contributed by atoms with van der Waals surface area (Å²) in [5.74, 6) is -1.49. The molecule has 0 aromatic heterocycles. The largest absolute Gasteiger partial charge is 0.481 e. The Morgan fingerprint density at radius 2 is 1.24 bits per heavy atom. The third-order valence-electron chi connectivity index (χ3n) is 3.98. The molecule has 0 heterocycles. The van der Waals surface area contributed by atoms with Gasteiger partial charge in [0.2, 0.25) is 0 Å². The zero-order valence-corrected chi connectivity index (χ0v) is 15.2. The van der Waals surface area contributed by atoms with E-state index in [1.807, 2.05) is 12.2 Å². The van der Waals surface area contributed by atoms with Gasteiger partial charge in [0.15, 0.2) is 0 Å². The molecule has 0 unspecified atom stereocenters. The zero-order chi connectivity index (χ0) is 18.8. The first-order valence-corrected chi connectivity index (χ1v) is 9.47. The lowest BCUT2D eigenvalue weighted by atomic mass is 10.1. The van der Waals surface area contributed by atoms with Crippen molar-refractivity contribution in [3.05, 3.63) is 24.3 Å². The van der Waals surface area contributed by atoms with Gasteiger partial charge in [0, 0.05) is 12.8 Å². The predicted molar refractivity (Wildman–Crippen MR) is 99.6 cm³/mol. The minimum Gasteiger partial charge on any atom is -0.481 e. The summed E-state index contributed by atoms with van der Waals surface area (Å²) in [5.41, 5.74) is 0. The number of aliphatic carboxylic acids is 2. The van der Waals surface area contributed by atoms with Crippen molar-refractivity contribution in [2.45, 2.75) is 89.6 Å². The quantitative estimate of drug-likeness (QED) is 0.260. The minimum atomic E-state index is -0.786. The van der Waals surface area contributed by atoms with Crippen LogP contribution in [0.4, 0.5) is 0 Å². The topological polar surface area (TPSA) is 94.8 Å². The molecule has 1 atom stereocenters. The van der Waals surface area contributed by atoms with Gasteiger partial charge in [0.25, 0.3) is 0 Å². The van der Waals surface area contributed by atoms with Crippen LogP contribution in [0.1, 0.15) is 83.5 Å². The van der Waals surface area contributed by atoms with Gasteiger partial charge in [-0.1, -0.05) is 56.4 Å². The molecule has 0 aromatic rings. The van der Waals surface area contributed by atoms with E-state index in [-0.39, 0.29) is 12.8 Å². The first-order chi connectivity index (χ1) is 12.0. The molecule has 0 aliphatic carbocycles. The van der Waals surface area contributed by atoms with E-state index < -0.39 is 18.0 Å². The summed E-state index contributed by atoms with van der Waals surface area (Å²) in [6, 6.07) is 0. The van der Waals surface area contributed by atoms with Crippen LogP contribution >= 0.6 is 0 Å². The van der Waals surface area contributed by atoms with E-state index in [2.05, 4.69) is 6.08 Å². The summed E-state index contributed by atoms with van der Waals surface area (Å²) >= 11 is 0. The van der Waals surface area contributed by atoms with Crippen LogP contribution in [0.3, 0.4) is 0 Å². The second kappa shape index (κ2) is 17.2. The van der Waals surface area contributed by atoms with Gasteiger partial charge < -0.3 is 15.3 Å². The first kappa shape index (κ1) is 23.4. The molecule has 25 heavy (non-hydrogen) atoms. The SMILES string of the molecule is O=C(O)CCCCCCCCC/C=C\C=C\[C@H](O)CCCCC(=O)O. The summed E-state index contributed by atoms with van der Waals surface area (Å²) in [4.78, 5) is 20.7. The van der Waals surface area contributed by atoms with Gasteiger partial charge in [-0.25, -0.2) is 0 Å². The number of carboxylic acid groups (broad SMARTS) is 2. The summed E-state index contributed by atoms with van der Waals surface area (Å²) < 4.78 is 0. The molecule has 0 aliphatic rings. The molecule has 0 fully saturated rings. The second-order valence-electron chi connectivity index (χ2n) is 6.43. The highest BCUT2D eigenvalue weighted by Crippen LogP contribution is 2.10. The summed E-state index contributed by atoms with van der Waals surface area (Å²) in [5, 5.41) is 26.8. The lowest BCUT2D eigenvalue weighted by Gasteiger charge is -2.03. The molecule has 0 aromatic carbocycles. The molecule has 0 saturated carbocycles. The highest BCUT2D eigenvalue weighted by atomic mass is 16.4. The smallest absolute Gasteiger partial charge is 0.303 e. The van der Waals surface area contributed by atoms with Crippen molar-refractivity contribution < 1.29 is 24.9 Å². The Bertz CT molecular complexity index is 401. The highest BCUT2D eigenvalue weighted by Gasteiger charge is 2.00. The molecule has 5 heteroatoms. The predicted octanol–water partition coefficient (Wildman–Crippen LogP) is 4.70. The lowest BCUT2D eigenvalue weighted by molar-refractivity contribution is -0.138. The van der Waals surface area contributed by atoms with Gasteiger partial charge in [0.1, 0.15) is 0 Å². The lowest BCUT2D eigenvalue weighted by Crippen LogP contribution is -2.02. The molecule has 0 rings (SSSR count). The van der Waals surface area contributed by atoms with E-state index >= 15 is 0 Å². The van der Waals surface area contributed by atoms with E-state index in [1.54, 1.807) is 6.08 Å². The fourth-order valence-corrected chi connectivity index (χ4v) is 2.52. The van der Waals surface area contributed by atoms with Crippen molar-refractivity contribution in [3.8, 4) is 0 Å². The number of unbranched alkanes of at least 4 members (excludes halogenated alkanes) is 8. The molecule has 0 bridgehead atoms. The van der Waals surface area contributed by atoms with Crippen LogP contribution in [-0.4, -0.2) is 33.4 Å². The van der Waals surface area contributed by atoms with Crippen LogP contribution in [-0.2, 0) is 9.59 Å². The number of aliphatic hydroxyl groups excluding tert-OH is 1. The maximum Gasteiger partial charge on any atom is 0.303 e. The molecule has 0 radical (unpaired) electrons. The Morgan fingerprint density at radius 1 is 0.720 bits per heavy atom. The molecule has 5 nitrogen and oxygen atoms in total. The Hall–Kier alpha value is -1.62. The fourth-order valence-electron chi connectivity index (χ4n) is 2.52. The number of hydrogen-bond acceptors (Lipinski definition) is 3. The maximum atomic E-state index is 10.4. The van der Waals surface area contributed by atoms with Gasteiger partial charge >= 0.3 is 11.9 Å². The van der Waals surface area contributed by atoms with Crippen molar-refractivity contribution in [2.75, 3.05) is 0 Å². The highest BCUT2D eigenvalue weighted by molar-refractivity contribution is 5.66. The maximum absolute atomic E-state index is 10.4. The molecule has 0 amide bonds. The minimum absolute atomic E-state index is 0.165. The molecular weight excluding hydrogens is 320 g/mol. The van der Waals surface area contributed by atoms with E-state index in [9.17, 15) is 14.7 Å². The number of carbonyl (C=O) groups is 2. The third-order valence-corrected chi connectivity index (χ3v) is 3.98. The van der Waals surface area contributed by atoms with E-state index in [0.29, 0.717) is 12.8 Å². The summed E-state index contributed by atoms with van der Waals surface area (Å²) in [7, 11) is 0. The van der Waals surface area contributed by atoms with Crippen LogP contribution in [0, 0.1) is 0 Å². The Kier molecular flexibility index (Phi) is 16.1. The fraction of sp³-hybridized carbons (Fsp3) is 0.700. The number of carboxylic acids is 2. The summed E-state index contributed by atoms with van der Waals surface area (Å²) in [6.45, 7) is 0. The van der Waals surface area contributed by atoms with E-state index in [1.165, 1.54) is 19.3 Å². The first-order valence-electron chi connectivity index (χ1n) is 9.47. The molecule has 3 N–H and O–H groups in total. The monoisotopic (exact) mass is 354 g/mol. The Labute approximate surface area is 151 Å². The number of allylic oxidation sites excluding steroid dienone is 3. The van der Waals surface area contributed by atoms with Crippen LogP contribution in [0.25, 0.3) is 0 Å². The third kappa shape index (κ3) is 20.3. The number of aliphatic hydroxyl groups is 1. The number of rotatable bonds is 17. The normalized spacial score (nSPS) is 12.8. The number of hydrogen-bond donors (Lipinski definition) is 3. The van der Waals surface area contributed by atoms with Gasteiger partial charge in [-0.3, -0.25) is 9.59 Å². The van der Waals surface area contributed by atoms with Crippen molar-refractivity contribution in [1.29, 1.82) is 0 Å². The van der Waals surface area contributed by atoms with Crippen molar-refractivity contribution in [1.82, 2.24) is 0 Å². The van der Waals surface area contributed by atoms with E-state index in [0.717, 1.165) is 38.5 Å². The van der Waals surface area contributed by atoms with E-state index in [4.69, 9.17) is 10.2 Å². The van der Waals surface area contributed by atoms with Crippen LogP contribution in [0.2, 0.25) is 0 Å². The Morgan fingerprint density at radius 3 is 1.84 bits per heavy atom. The van der Waals surface area contributed by atoms with Crippen LogP contribution < -0.4 is 0 Å². The van der Waals surface area contributed by atoms with Crippen molar-refractivity contribution in [3.63, 3.8) is 0 Å². The molecular formula is C20H34O5. The van der Waals surface area contributed by atoms with Gasteiger partial charge in [-0.15, -0.1) is 0 Å². The zero-order valence-electron chi connectivity index (χ0n) is 15.2. The van der Waals surface area contributed by atoms with Gasteiger partial charge in [0.05, 0.1) is 6.10 Å². The Balaban J connectivity index is 3.38. The van der Waals surface area contributed by atoms with Crippen LogP contribution in [0.15, 0.2) is 24.3 Å². The average Bonchev–Trinajstić information content (AvgIpc) is 2.55. The molecule has 0 spiro atoms. The van der Waals surface area contributed by atoms with Crippen molar-refractivity contribution >= 4 is 11.9 Å². The van der Waals surface area contributed by atoms with Gasteiger partial charge in [-0.2, -0.15) is 0 Å². The standard InChI is InChI=1S/C20H34O5/c21-18(15-12-13-17-20(24)25)14-10-8-6-4-2-1-3-5-7-9-11-16-19(22)23/h6,8,10,14,18,21H,1-5,7,9,11-13,15-17H2,(H,22,23)(H,24,25)/b8-6-,14-10+/t18-/m0/s1. The molecule has 144 valence electrons. The second-order valence-corrected chi connectivity index (χ2v) is 6.43. The molecule has 0 saturated heterocycles. The van der Waals surface area contributed by atoms with Crippen molar-refractivity contribution in [2.24, 2.45) is 0 Å². The average molecular weight is 354 g/mol. The molecule has 0 aliphatic heterocycles. The van der Waals surface area contributed by atoms with Crippen LogP contribution in [0.5, 0.6) is 0 Å².